The van der Waals surface area contributed by atoms with E-state index in [-0.39, 0.29) is 17.9 Å². The van der Waals surface area contributed by atoms with E-state index in [1.165, 1.54) is 0 Å². The maximum Gasteiger partial charge on any atom is 0.259 e. The van der Waals surface area contributed by atoms with Gasteiger partial charge in [-0.15, -0.1) is 0 Å². The van der Waals surface area contributed by atoms with E-state index in [4.69, 9.17) is 14.2 Å². The van der Waals surface area contributed by atoms with Crippen LogP contribution in [0.2, 0.25) is 0 Å². The minimum atomic E-state index is -0.306. The largest absolute Gasteiger partial charge is 0.490 e. The Morgan fingerprint density at radius 2 is 1.93 bits per heavy atom. The van der Waals surface area contributed by atoms with Gasteiger partial charge in [0.25, 0.3) is 11.8 Å². The summed E-state index contributed by atoms with van der Waals surface area (Å²) in [5.74, 6) is 0.00127. The molecule has 2 aromatic carbocycles. The molecule has 1 fully saturated rings. The van der Waals surface area contributed by atoms with Crippen molar-refractivity contribution in [3.05, 3.63) is 58.1 Å². The van der Waals surface area contributed by atoms with Gasteiger partial charge < -0.3 is 24.8 Å². The van der Waals surface area contributed by atoms with Crippen LogP contribution in [0.1, 0.15) is 33.6 Å². The lowest BCUT2D eigenvalue weighted by molar-refractivity contribution is 0.0857. The fourth-order valence-electron chi connectivity index (χ4n) is 3.06. The quantitative estimate of drug-likeness (QED) is 0.539. The fraction of sp³-hybridized carbons (Fsp3) is 0.364. The molecule has 0 spiro atoms. The molecule has 30 heavy (non-hydrogen) atoms. The fourth-order valence-corrected chi connectivity index (χ4v) is 3.42. The van der Waals surface area contributed by atoms with Crippen LogP contribution in [0.4, 0.5) is 5.69 Å². The second kappa shape index (κ2) is 11.1. The topological polar surface area (TPSA) is 85.9 Å². The van der Waals surface area contributed by atoms with Crippen molar-refractivity contribution < 1.29 is 23.8 Å². The Hall–Kier alpha value is -2.42. The summed E-state index contributed by atoms with van der Waals surface area (Å²) in [6, 6.07) is 12.0. The number of methoxy groups -OCH3 is 1. The van der Waals surface area contributed by atoms with Crippen molar-refractivity contribution in [1.29, 1.82) is 0 Å². The van der Waals surface area contributed by atoms with Crippen LogP contribution in [0.25, 0.3) is 0 Å². The van der Waals surface area contributed by atoms with Crippen LogP contribution >= 0.6 is 15.9 Å². The van der Waals surface area contributed by atoms with E-state index in [9.17, 15) is 9.59 Å². The van der Waals surface area contributed by atoms with E-state index in [2.05, 4.69) is 26.6 Å². The Balaban J connectivity index is 1.60. The number of carbonyl (C=O) groups is 2. The summed E-state index contributed by atoms with van der Waals surface area (Å²) >= 11 is 3.38. The monoisotopic (exact) mass is 476 g/mol. The van der Waals surface area contributed by atoms with Gasteiger partial charge in [0.1, 0.15) is 12.4 Å². The van der Waals surface area contributed by atoms with Crippen LogP contribution in [0, 0.1) is 0 Å². The summed E-state index contributed by atoms with van der Waals surface area (Å²) in [6.07, 6.45) is 2.10. The molecule has 0 aliphatic carbocycles. The molecule has 1 atom stereocenters. The van der Waals surface area contributed by atoms with Gasteiger partial charge in [0.05, 0.1) is 18.3 Å². The maximum absolute atomic E-state index is 12.8. The summed E-state index contributed by atoms with van der Waals surface area (Å²) in [5.41, 5.74) is 1.51. The van der Waals surface area contributed by atoms with Gasteiger partial charge in [-0.25, -0.2) is 0 Å². The van der Waals surface area contributed by atoms with E-state index < -0.39 is 0 Å². The number of rotatable bonds is 9. The first-order chi connectivity index (χ1) is 14.6. The highest BCUT2D eigenvalue weighted by molar-refractivity contribution is 9.10. The van der Waals surface area contributed by atoms with Crippen LogP contribution < -0.4 is 15.4 Å². The van der Waals surface area contributed by atoms with Gasteiger partial charge in [0.15, 0.2) is 0 Å². The number of benzene rings is 2. The third-order valence-electron chi connectivity index (χ3n) is 4.65. The minimum Gasteiger partial charge on any atom is -0.490 e. The predicted molar refractivity (Wildman–Crippen MR) is 117 cm³/mol. The molecular formula is C22H25BrN2O5. The van der Waals surface area contributed by atoms with E-state index in [1.807, 2.05) is 6.07 Å². The molecule has 2 aromatic rings. The molecule has 0 saturated carbocycles. The van der Waals surface area contributed by atoms with Gasteiger partial charge in [-0.3, -0.25) is 9.59 Å². The Morgan fingerprint density at radius 3 is 2.63 bits per heavy atom. The summed E-state index contributed by atoms with van der Waals surface area (Å²) in [5, 5.41) is 5.72. The Labute approximate surface area is 184 Å². The molecule has 1 unspecified atom stereocenters. The van der Waals surface area contributed by atoms with Gasteiger partial charge in [-0.1, -0.05) is 15.9 Å². The third-order valence-corrected chi connectivity index (χ3v) is 5.14. The molecule has 1 heterocycles. The molecule has 0 aromatic heterocycles. The van der Waals surface area contributed by atoms with Crippen LogP contribution in [0.5, 0.6) is 5.75 Å². The van der Waals surface area contributed by atoms with Crippen LogP contribution in [0.3, 0.4) is 0 Å². The van der Waals surface area contributed by atoms with Crippen LogP contribution in [-0.2, 0) is 9.47 Å². The molecule has 1 saturated heterocycles. The first-order valence-corrected chi connectivity index (χ1v) is 10.6. The summed E-state index contributed by atoms with van der Waals surface area (Å²) in [6.45, 7) is 2.03. The molecule has 7 nitrogen and oxygen atoms in total. The zero-order valence-electron chi connectivity index (χ0n) is 16.8. The van der Waals surface area contributed by atoms with Gasteiger partial charge in [0, 0.05) is 36.0 Å². The predicted octanol–water partition coefficient (Wildman–Crippen LogP) is 3.64. The van der Waals surface area contributed by atoms with Crippen LogP contribution in [0.15, 0.2) is 46.9 Å². The van der Waals surface area contributed by atoms with E-state index in [0.29, 0.717) is 42.3 Å². The zero-order valence-corrected chi connectivity index (χ0v) is 18.4. The van der Waals surface area contributed by atoms with Crippen molar-refractivity contribution in [3.63, 3.8) is 0 Å². The second-order valence-electron chi connectivity index (χ2n) is 6.86. The van der Waals surface area contributed by atoms with E-state index in [0.717, 1.165) is 23.9 Å². The lowest BCUT2D eigenvalue weighted by atomic mass is 10.1. The van der Waals surface area contributed by atoms with Crippen molar-refractivity contribution in [2.75, 3.05) is 38.8 Å². The lowest BCUT2D eigenvalue weighted by Crippen LogP contribution is -2.31. The smallest absolute Gasteiger partial charge is 0.259 e. The van der Waals surface area contributed by atoms with Gasteiger partial charge in [-0.05, 0) is 55.3 Å². The van der Waals surface area contributed by atoms with Crippen molar-refractivity contribution in [1.82, 2.24) is 5.32 Å². The third kappa shape index (κ3) is 6.29. The SMILES string of the molecule is COCCOc1ccc(Br)cc1C(=O)Nc1ccc(C(=O)NCC2CCCO2)cc1. The Bertz CT molecular complexity index is 866. The number of hydrogen-bond acceptors (Lipinski definition) is 5. The number of anilines is 1. The van der Waals surface area contributed by atoms with E-state index in [1.54, 1.807) is 43.5 Å². The second-order valence-corrected chi connectivity index (χ2v) is 7.77. The van der Waals surface area contributed by atoms with Crippen molar-refractivity contribution in [2.45, 2.75) is 18.9 Å². The number of carbonyl (C=O) groups excluding carboxylic acids is 2. The molecule has 1 aliphatic rings. The summed E-state index contributed by atoms with van der Waals surface area (Å²) in [4.78, 5) is 25.0. The highest BCUT2D eigenvalue weighted by atomic mass is 79.9. The number of hydrogen-bond donors (Lipinski definition) is 2. The Kier molecular flexibility index (Phi) is 8.24. The first-order valence-electron chi connectivity index (χ1n) is 9.79. The summed E-state index contributed by atoms with van der Waals surface area (Å²) < 4.78 is 16.9. The zero-order chi connectivity index (χ0) is 21.3. The molecule has 1 aliphatic heterocycles. The van der Waals surface area contributed by atoms with Crippen LogP contribution in [-0.4, -0.2) is 51.4 Å². The maximum atomic E-state index is 12.8. The highest BCUT2D eigenvalue weighted by Gasteiger charge is 2.17. The lowest BCUT2D eigenvalue weighted by Gasteiger charge is -2.13. The molecule has 2 N–H and O–H groups in total. The normalized spacial score (nSPS) is 15.6. The standard InChI is InChI=1S/C22H25BrN2O5/c1-28-11-12-30-20-9-6-16(23)13-19(20)22(27)25-17-7-4-15(5-8-17)21(26)24-14-18-3-2-10-29-18/h4-9,13,18H,2-3,10-12,14H2,1H3,(H,24,26)(H,25,27). The van der Waals surface area contributed by atoms with Gasteiger partial charge in [0.2, 0.25) is 0 Å². The molecule has 2 amide bonds. The number of nitrogens with one attached hydrogen (secondary N) is 2. The minimum absolute atomic E-state index is 0.0954. The number of amides is 2. The molecule has 0 bridgehead atoms. The molecule has 3 rings (SSSR count). The van der Waals surface area contributed by atoms with Crippen molar-refractivity contribution in [3.8, 4) is 5.75 Å². The number of ether oxygens (including phenoxy) is 3. The van der Waals surface area contributed by atoms with Gasteiger partial charge >= 0.3 is 0 Å². The molecular weight excluding hydrogens is 452 g/mol. The highest BCUT2D eigenvalue weighted by Crippen LogP contribution is 2.24. The van der Waals surface area contributed by atoms with Gasteiger partial charge in [-0.2, -0.15) is 0 Å². The Morgan fingerprint density at radius 1 is 1.13 bits per heavy atom. The van der Waals surface area contributed by atoms with Crippen molar-refractivity contribution in [2.24, 2.45) is 0 Å². The number of halogens is 1. The molecule has 160 valence electrons. The molecule has 8 heteroatoms. The first kappa shape index (κ1) is 22.3. The average Bonchev–Trinajstić information content (AvgIpc) is 3.27. The van der Waals surface area contributed by atoms with E-state index >= 15 is 0 Å². The summed E-state index contributed by atoms with van der Waals surface area (Å²) in [7, 11) is 1.59. The average molecular weight is 477 g/mol. The molecule has 0 radical (unpaired) electrons. The van der Waals surface area contributed by atoms with Crippen molar-refractivity contribution >= 4 is 33.4 Å².